The van der Waals surface area contributed by atoms with E-state index in [2.05, 4.69) is 5.10 Å². The molecule has 0 bridgehead atoms. The van der Waals surface area contributed by atoms with E-state index in [9.17, 15) is 14.7 Å². The Morgan fingerprint density at radius 1 is 1.33 bits per heavy atom. The fourth-order valence-corrected chi connectivity index (χ4v) is 2.77. The molecule has 0 spiro atoms. The summed E-state index contributed by atoms with van der Waals surface area (Å²) in [4.78, 5) is 25.6. The number of aryl methyl sites for hydroxylation is 2. The van der Waals surface area contributed by atoms with Crippen LogP contribution < -0.4 is 4.90 Å². The molecule has 0 aliphatic carbocycles. The van der Waals surface area contributed by atoms with Gasteiger partial charge in [-0.25, -0.2) is 0 Å². The zero-order chi connectivity index (χ0) is 15.1. The third kappa shape index (κ3) is 2.08. The van der Waals surface area contributed by atoms with E-state index in [0.29, 0.717) is 22.5 Å². The van der Waals surface area contributed by atoms with Crippen LogP contribution in [0.4, 0.5) is 5.69 Å². The lowest BCUT2D eigenvalue weighted by Gasteiger charge is -2.16. The molecule has 0 radical (unpaired) electrons. The lowest BCUT2D eigenvalue weighted by Crippen LogP contribution is -2.31. The molecule has 1 aromatic heterocycles. The van der Waals surface area contributed by atoms with Crippen molar-refractivity contribution in [3.8, 4) is 0 Å². The summed E-state index contributed by atoms with van der Waals surface area (Å²) in [5, 5.41) is 13.5. The summed E-state index contributed by atoms with van der Waals surface area (Å²) in [6.07, 6.45) is 1.66. The van der Waals surface area contributed by atoms with Crippen molar-refractivity contribution in [1.82, 2.24) is 9.78 Å². The van der Waals surface area contributed by atoms with Crippen LogP contribution in [0.5, 0.6) is 0 Å². The van der Waals surface area contributed by atoms with Gasteiger partial charge in [-0.1, -0.05) is 18.2 Å². The minimum absolute atomic E-state index is 0.155. The maximum Gasteiger partial charge on any atom is 0.312 e. The molecule has 3 rings (SSSR count). The van der Waals surface area contributed by atoms with Crippen LogP contribution in [0.2, 0.25) is 0 Å². The molecule has 2 aromatic rings. The number of carbonyl (C=O) groups is 2. The molecule has 21 heavy (non-hydrogen) atoms. The van der Waals surface area contributed by atoms with Crippen molar-refractivity contribution >= 4 is 17.6 Å². The van der Waals surface area contributed by atoms with Crippen LogP contribution in [0, 0.1) is 6.92 Å². The fraction of sp³-hybridized carbons (Fsp3) is 0.267. The van der Waals surface area contributed by atoms with E-state index >= 15 is 0 Å². The highest BCUT2D eigenvalue weighted by Gasteiger charge is 2.37. The molecule has 1 N–H and O–H groups in total. The number of rotatable bonds is 2. The van der Waals surface area contributed by atoms with Crippen LogP contribution in [0.1, 0.15) is 27.5 Å². The molecule has 6 heteroatoms. The van der Waals surface area contributed by atoms with Gasteiger partial charge in [0, 0.05) is 25.5 Å². The van der Waals surface area contributed by atoms with Crippen molar-refractivity contribution < 1.29 is 14.7 Å². The highest BCUT2D eigenvalue weighted by atomic mass is 16.4. The normalized spacial score (nSPS) is 16.9. The lowest BCUT2D eigenvalue weighted by atomic mass is 10.0. The predicted octanol–water partition coefficient (Wildman–Crippen LogP) is 1.56. The van der Waals surface area contributed by atoms with Crippen molar-refractivity contribution in [3.05, 3.63) is 47.3 Å². The first kappa shape index (κ1) is 13.4. The topological polar surface area (TPSA) is 75.4 Å². The first-order chi connectivity index (χ1) is 9.99. The van der Waals surface area contributed by atoms with E-state index in [1.807, 2.05) is 0 Å². The van der Waals surface area contributed by atoms with Crippen molar-refractivity contribution in [3.63, 3.8) is 0 Å². The number of nitrogens with zero attached hydrogens (tertiary/aromatic N) is 3. The molecule has 1 amide bonds. The number of hydrogen-bond acceptors (Lipinski definition) is 3. The highest BCUT2D eigenvalue weighted by Crippen LogP contribution is 2.37. The summed E-state index contributed by atoms with van der Waals surface area (Å²) in [7, 11) is 1.75. The van der Waals surface area contributed by atoms with Gasteiger partial charge in [0.2, 0.25) is 0 Å². The zero-order valence-electron chi connectivity index (χ0n) is 11.8. The summed E-state index contributed by atoms with van der Waals surface area (Å²) in [6, 6.07) is 7.14. The Bertz CT molecular complexity index is 736. The molecule has 1 atom stereocenters. The van der Waals surface area contributed by atoms with Gasteiger partial charge >= 0.3 is 5.97 Å². The quantitative estimate of drug-likeness (QED) is 0.908. The SMILES string of the molecule is Cc1nn(C)cc1C(=O)N1CC(C(=O)O)c2ccccc21. The number of carboxylic acids is 1. The lowest BCUT2D eigenvalue weighted by molar-refractivity contribution is -0.138. The maximum atomic E-state index is 12.7. The largest absolute Gasteiger partial charge is 0.481 e. The Balaban J connectivity index is 2.02. The third-order valence-corrected chi connectivity index (χ3v) is 3.76. The minimum atomic E-state index is -0.916. The smallest absolute Gasteiger partial charge is 0.312 e. The van der Waals surface area contributed by atoms with Crippen molar-refractivity contribution in [2.75, 3.05) is 11.4 Å². The average molecular weight is 285 g/mol. The van der Waals surface area contributed by atoms with Gasteiger partial charge in [-0.15, -0.1) is 0 Å². The number of amides is 1. The minimum Gasteiger partial charge on any atom is -0.481 e. The Morgan fingerprint density at radius 3 is 2.67 bits per heavy atom. The summed E-state index contributed by atoms with van der Waals surface area (Å²) in [5.74, 6) is -1.81. The van der Waals surface area contributed by atoms with Crippen LogP contribution in [0.3, 0.4) is 0 Å². The van der Waals surface area contributed by atoms with Gasteiger partial charge in [-0.3, -0.25) is 14.3 Å². The first-order valence-corrected chi connectivity index (χ1v) is 6.63. The van der Waals surface area contributed by atoms with E-state index in [0.717, 1.165) is 0 Å². The van der Waals surface area contributed by atoms with Crippen LogP contribution in [0.15, 0.2) is 30.5 Å². The summed E-state index contributed by atoms with van der Waals surface area (Å²) >= 11 is 0. The van der Waals surface area contributed by atoms with Gasteiger partial charge in [0.15, 0.2) is 0 Å². The molecular weight excluding hydrogens is 270 g/mol. The van der Waals surface area contributed by atoms with E-state index in [1.165, 1.54) is 4.90 Å². The molecular formula is C15H15N3O3. The molecule has 0 fully saturated rings. The predicted molar refractivity (Wildman–Crippen MR) is 76.4 cm³/mol. The van der Waals surface area contributed by atoms with Crippen LogP contribution >= 0.6 is 0 Å². The fourth-order valence-electron chi connectivity index (χ4n) is 2.77. The van der Waals surface area contributed by atoms with Crippen LogP contribution in [-0.4, -0.2) is 33.3 Å². The van der Waals surface area contributed by atoms with Gasteiger partial charge in [0.25, 0.3) is 5.91 Å². The Morgan fingerprint density at radius 2 is 2.05 bits per heavy atom. The second kappa shape index (κ2) is 4.73. The number of para-hydroxylation sites is 1. The Kier molecular flexibility index (Phi) is 3.01. The second-order valence-electron chi connectivity index (χ2n) is 5.17. The molecule has 1 aromatic carbocycles. The summed E-state index contributed by atoms with van der Waals surface area (Å²) < 4.78 is 1.58. The van der Waals surface area contributed by atoms with Crippen LogP contribution in [0.25, 0.3) is 0 Å². The monoisotopic (exact) mass is 285 g/mol. The molecule has 108 valence electrons. The number of carboxylic acid groups (broad SMARTS) is 1. The van der Waals surface area contributed by atoms with E-state index < -0.39 is 11.9 Å². The number of anilines is 1. The summed E-state index contributed by atoms with van der Waals surface area (Å²) in [5.41, 5.74) is 2.48. The molecule has 0 saturated carbocycles. The summed E-state index contributed by atoms with van der Waals surface area (Å²) in [6.45, 7) is 1.92. The van der Waals surface area contributed by atoms with Gasteiger partial charge in [0.1, 0.15) is 5.92 Å². The van der Waals surface area contributed by atoms with Crippen molar-refractivity contribution in [2.24, 2.45) is 7.05 Å². The number of benzene rings is 1. The molecule has 1 unspecified atom stereocenters. The number of carbonyl (C=O) groups excluding carboxylic acids is 1. The zero-order valence-corrected chi connectivity index (χ0v) is 11.8. The standard InChI is InChI=1S/C15H15N3O3/c1-9-11(7-17(2)16-9)14(19)18-8-12(15(20)21)10-5-3-4-6-13(10)18/h3-7,12H,8H2,1-2H3,(H,20,21). The molecule has 6 nitrogen and oxygen atoms in total. The van der Waals surface area contributed by atoms with Crippen molar-refractivity contribution in [2.45, 2.75) is 12.8 Å². The third-order valence-electron chi connectivity index (χ3n) is 3.76. The molecule has 0 saturated heterocycles. The molecule has 1 aliphatic heterocycles. The van der Waals surface area contributed by atoms with Crippen LogP contribution in [-0.2, 0) is 11.8 Å². The highest BCUT2D eigenvalue weighted by molar-refractivity contribution is 6.09. The first-order valence-electron chi connectivity index (χ1n) is 6.63. The van der Waals surface area contributed by atoms with Crippen molar-refractivity contribution in [1.29, 1.82) is 0 Å². The second-order valence-corrected chi connectivity index (χ2v) is 5.17. The van der Waals surface area contributed by atoms with Gasteiger partial charge in [-0.2, -0.15) is 5.10 Å². The molecule has 1 aliphatic rings. The number of hydrogen-bond donors (Lipinski definition) is 1. The van der Waals surface area contributed by atoms with E-state index in [1.54, 1.807) is 49.1 Å². The molecule has 2 heterocycles. The van der Waals surface area contributed by atoms with Gasteiger partial charge in [-0.05, 0) is 18.6 Å². The average Bonchev–Trinajstić information content (AvgIpc) is 2.98. The van der Waals surface area contributed by atoms with E-state index in [4.69, 9.17) is 0 Å². The van der Waals surface area contributed by atoms with Gasteiger partial charge in [0.05, 0.1) is 11.3 Å². The number of aliphatic carboxylic acids is 1. The Labute approximate surface area is 121 Å². The number of fused-ring (bicyclic) bond motifs is 1. The Hall–Kier alpha value is -2.63. The van der Waals surface area contributed by atoms with Gasteiger partial charge < -0.3 is 10.0 Å². The maximum absolute atomic E-state index is 12.7. The number of aromatic nitrogens is 2. The van der Waals surface area contributed by atoms with E-state index in [-0.39, 0.29) is 12.5 Å².